The van der Waals surface area contributed by atoms with Crippen LogP contribution in [0.25, 0.3) is 27.6 Å². The number of para-hydroxylation sites is 3. The Labute approximate surface area is 188 Å². The Bertz CT molecular complexity index is 1410. The quantitative estimate of drug-likeness (QED) is 0.258. The molecular formula is C24H19ClN4OS. The van der Waals surface area contributed by atoms with Crippen molar-refractivity contribution in [3.63, 3.8) is 0 Å². The fraction of sp³-hybridized carbons (Fsp3) is 0.125. The number of thioether (sulfide) groups is 1. The molecule has 7 heteroatoms. The maximum Gasteiger partial charge on any atom is 0.237 e. The number of benzene rings is 3. The molecule has 0 unspecified atom stereocenters. The molecule has 0 bridgehead atoms. The van der Waals surface area contributed by atoms with Crippen LogP contribution in [-0.2, 0) is 4.79 Å². The number of aromatic nitrogens is 3. The van der Waals surface area contributed by atoms with Crippen LogP contribution in [0.1, 0.15) is 13.3 Å². The number of amides is 1. The van der Waals surface area contributed by atoms with Crippen molar-refractivity contribution < 1.29 is 4.79 Å². The Morgan fingerprint density at radius 1 is 1.00 bits per heavy atom. The molecule has 2 heterocycles. The summed E-state index contributed by atoms with van der Waals surface area (Å²) >= 11 is 7.41. The monoisotopic (exact) mass is 446 g/mol. The SMILES string of the molecule is CC[C@H](Sc1nc2ccccc2c2nc3ccccc3n12)C(=O)Nc1ccc(Cl)cc1. The van der Waals surface area contributed by atoms with Crippen LogP contribution in [0.15, 0.2) is 78.0 Å². The van der Waals surface area contributed by atoms with Gasteiger partial charge in [0, 0.05) is 16.1 Å². The third-order valence-corrected chi connectivity index (χ3v) is 6.70. The summed E-state index contributed by atoms with van der Waals surface area (Å²) in [5.41, 5.74) is 4.31. The van der Waals surface area contributed by atoms with Crippen LogP contribution in [0.4, 0.5) is 5.69 Å². The fourth-order valence-electron chi connectivity index (χ4n) is 3.60. The van der Waals surface area contributed by atoms with Gasteiger partial charge in [-0.3, -0.25) is 9.20 Å². The van der Waals surface area contributed by atoms with E-state index in [1.54, 1.807) is 24.3 Å². The minimum atomic E-state index is -0.311. The standard InChI is InChI=1S/C24H19ClN4OS/c1-2-21(23(30)26-16-13-11-15(25)12-14-16)31-24-28-18-8-4-3-7-17(18)22-27-19-9-5-6-10-20(19)29(22)24/h3-14,21H,2H2,1H3,(H,26,30)/t21-/m0/s1. The second-order valence-electron chi connectivity index (χ2n) is 7.18. The Morgan fingerprint density at radius 3 is 2.48 bits per heavy atom. The predicted octanol–water partition coefficient (Wildman–Crippen LogP) is 6.20. The molecule has 1 N–H and O–H groups in total. The van der Waals surface area contributed by atoms with Gasteiger partial charge in [0.2, 0.25) is 5.91 Å². The van der Waals surface area contributed by atoms with Gasteiger partial charge in [-0.1, -0.05) is 54.6 Å². The highest BCUT2D eigenvalue weighted by Crippen LogP contribution is 2.32. The van der Waals surface area contributed by atoms with E-state index in [0.717, 1.165) is 38.4 Å². The molecule has 0 aliphatic heterocycles. The number of nitrogens with one attached hydrogen (secondary N) is 1. The van der Waals surface area contributed by atoms with Crippen LogP contribution < -0.4 is 5.32 Å². The van der Waals surface area contributed by atoms with Crippen molar-refractivity contribution in [2.24, 2.45) is 0 Å². The molecule has 2 aromatic heterocycles. The van der Waals surface area contributed by atoms with Crippen LogP contribution >= 0.6 is 23.4 Å². The average Bonchev–Trinajstić information content (AvgIpc) is 3.19. The summed E-state index contributed by atoms with van der Waals surface area (Å²) in [6.07, 6.45) is 0.659. The molecule has 1 amide bonds. The van der Waals surface area contributed by atoms with Crippen LogP contribution in [0, 0.1) is 0 Å². The molecular weight excluding hydrogens is 428 g/mol. The van der Waals surface area contributed by atoms with Gasteiger partial charge in [-0.05, 0) is 55.0 Å². The van der Waals surface area contributed by atoms with Gasteiger partial charge >= 0.3 is 0 Å². The number of imidazole rings is 1. The predicted molar refractivity (Wildman–Crippen MR) is 128 cm³/mol. The topological polar surface area (TPSA) is 59.3 Å². The number of rotatable bonds is 5. The van der Waals surface area contributed by atoms with Gasteiger partial charge in [0.05, 0.1) is 21.8 Å². The van der Waals surface area contributed by atoms with Crippen LogP contribution in [0.5, 0.6) is 0 Å². The van der Waals surface area contributed by atoms with Gasteiger partial charge in [0.25, 0.3) is 0 Å². The number of halogens is 1. The van der Waals surface area contributed by atoms with Gasteiger partial charge in [0.15, 0.2) is 5.16 Å². The summed E-state index contributed by atoms with van der Waals surface area (Å²) < 4.78 is 2.06. The number of nitrogens with zero attached hydrogens (tertiary/aromatic N) is 3. The minimum absolute atomic E-state index is 0.0673. The molecule has 0 aliphatic rings. The third-order valence-electron chi connectivity index (χ3n) is 5.14. The van der Waals surface area contributed by atoms with E-state index in [1.165, 1.54) is 11.8 Å². The van der Waals surface area contributed by atoms with Gasteiger partial charge in [-0.2, -0.15) is 0 Å². The highest BCUT2D eigenvalue weighted by atomic mass is 35.5. The van der Waals surface area contributed by atoms with Crippen molar-refractivity contribution in [1.29, 1.82) is 0 Å². The smallest absolute Gasteiger partial charge is 0.237 e. The van der Waals surface area contributed by atoms with Crippen LogP contribution in [-0.4, -0.2) is 25.5 Å². The molecule has 5 rings (SSSR count). The third kappa shape index (κ3) is 3.73. The molecule has 0 saturated heterocycles. The molecule has 1 atom stereocenters. The normalized spacial score (nSPS) is 12.5. The summed E-state index contributed by atoms with van der Waals surface area (Å²) in [5, 5.41) is 5.05. The number of carbonyl (C=O) groups is 1. The molecule has 0 aliphatic carbocycles. The maximum atomic E-state index is 13.0. The molecule has 0 radical (unpaired) electrons. The lowest BCUT2D eigenvalue weighted by Crippen LogP contribution is -2.25. The summed E-state index contributed by atoms with van der Waals surface area (Å²) in [7, 11) is 0. The zero-order chi connectivity index (χ0) is 21.4. The van der Waals surface area contributed by atoms with E-state index in [9.17, 15) is 4.79 Å². The van der Waals surface area contributed by atoms with Gasteiger partial charge < -0.3 is 5.32 Å². The van der Waals surface area contributed by atoms with Crippen molar-refractivity contribution >= 4 is 62.5 Å². The Balaban J connectivity index is 1.57. The van der Waals surface area contributed by atoms with E-state index in [4.69, 9.17) is 21.6 Å². The molecule has 0 saturated carbocycles. The van der Waals surface area contributed by atoms with Crippen molar-refractivity contribution in [2.75, 3.05) is 5.32 Å². The van der Waals surface area contributed by atoms with Gasteiger partial charge in [0.1, 0.15) is 5.65 Å². The number of carbonyl (C=O) groups excluding carboxylic acids is 1. The van der Waals surface area contributed by atoms with Gasteiger partial charge in [-0.15, -0.1) is 0 Å². The minimum Gasteiger partial charge on any atom is -0.325 e. The highest BCUT2D eigenvalue weighted by Gasteiger charge is 2.22. The first-order valence-corrected chi connectivity index (χ1v) is 11.3. The van der Waals surface area contributed by atoms with E-state index in [2.05, 4.69) is 9.72 Å². The molecule has 154 valence electrons. The van der Waals surface area contributed by atoms with Crippen molar-refractivity contribution in [1.82, 2.24) is 14.4 Å². The summed E-state index contributed by atoms with van der Waals surface area (Å²) in [6, 6.07) is 23.1. The largest absolute Gasteiger partial charge is 0.325 e. The number of hydrogen-bond acceptors (Lipinski definition) is 4. The van der Waals surface area contributed by atoms with Crippen molar-refractivity contribution in [2.45, 2.75) is 23.8 Å². The Morgan fingerprint density at radius 2 is 1.71 bits per heavy atom. The van der Waals surface area contributed by atoms with Crippen molar-refractivity contribution in [3.8, 4) is 0 Å². The Hall–Kier alpha value is -3.09. The van der Waals surface area contributed by atoms with E-state index in [0.29, 0.717) is 11.4 Å². The second kappa shape index (κ2) is 8.21. The molecule has 0 spiro atoms. The zero-order valence-corrected chi connectivity index (χ0v) is 18.3. The average molecular weight is 447 g/mol. The van der Waals surface area contributed by atoms with E-state index in [-0.39, 0.29) is 11.2 Å². The molecule has 31 heavy (non-hydrogen) atoms. The first-order chi connectivity index (χ1) is 15.1. The molecule has 5 nitrogen and oxygen atoms in total. The second-order valence-corrected chi connectivity index (χ2v) is 8.79. The zero-order valence-electron chi connectivity index (χ0n) is 16.7. The first-order valence-electron chi connectivity index (χ1n) is 10.0. The fourth-order valence-corrected chi connectivity index (χ4v) is 4.75. The molecule has 0 fully saturated rings. The lowest BCUT2D eigenvalue weighted by Gasteiger charge is -2.16. The first kappa shape index (κ1) is 19.8. The molecule has 3 aromatic carbocycles. The van der Waals surface area contributed by atoms with Crippen LogP contribution in [0.3, 0.4) is 0 Å². The highest BCUT2D eigenvalue weighted by molar-refractivity contribution is 8.00. The maximum absolute atomic E-state index is 13.0. The summed E-state index contributed by atoms with van der Waals surface area (Å²) in [5.74, 6) is -0.0673. The van der Waals surface area contributed by atoms with E-state index < -0.39 is 0 Å². The summed E-state index contributed by atoms with van der Waals surface area (Å²) in [6.45, 7) is 2.00. The van der Waals surface area contributed by atoms with E-state index in [1.807, 2.05) is 55.5 Å². The number of fused-ring (bicyclic) bond motifs is 5. The van der Waals surface area contributed by atoms with Crippen molar-refractivity contribution in [3.05, 3.63) is 77.8 Å². The lowest BCUT2D eigenvalue weighted by molar-refractivity contribution is -0.115. The summed E-state index contributed by atoms with van der Waals surface area (Å²) in [4.78, 5) is 22.8. The van der Waals surface area contributed by atoms with Crippen LogP contribution in [0.2, 0.25) is 5.02 Å². The number of anilines is 1. The Kier molecular flexibility index (Phi) is 5.26. The van der Waals surface area contributed by atoms with E-state index >= 15 is 0 Å². The lowest BCUT2D eigenvalue weighted by atomic mass is 10.2. The number of hydrogen-bond donors (Lipinski definition) is 1. The van der Waals surface area contributed by atoms with Gasteiger partial charge in [-0.25, -0.2) is 9.97 Å². The molecule has 5 aromatic rings.